The summed E-state index contributed by atoms with van der Waals surface area (Å²) in [6, 6.07) is 8.99. The fourth-order valence-electron chi connectivity index (χ4n) is 2.89. The van der Waals surface area contributed by atoms with Crippen molar-refractivity contribution in [2.45, 2.75) is 13.3 Å². The molecule has 0 aliphatic carbocycles. The topological polar surface area (TPSA) is 98.4 Å². The number of amides is 2. The number of benzene rings is 1. The molecule has 2 N–H and O–H groups in total. The van der Waals surface area contributed by atoms with Gasteiger partial charge in [-0.05, 0) is 25.5 Å². The lowest BCUT2D eigenvalue weighted by Gasteiger charge is -2.14. The first kappa shape index (κ1) is 18.4. The summed E-state index contributed by atoms with van der Waals surface area (Å²) < 4.78 is 5.12. The van der Waals surface area contributed by atoms with Crippen molar-refractivity contribution in [1.29, 1.82) is 0 Å². The second-order valence-corrected chi connectivity index (χ2v) is 6.62. The maximum absolute atomic E-state index is 12.3. The molecule has 1 aromatic carbocycles. The molecule has 27 heavy (non-hydrogen) atoms. The lowest BCUT2D eigenvalue weighted by Crippen LogP contribution is -2.28. The number of aromatic nitrogens is 2. The summed E-state index contributed by atoms with van der Waals surface area (Å²) >= 11 is 0. The SMILES string of the molecule is COc1cc(-c2cccc(C#C[C@]3(C)CCN(C)C3=O)c2)nc(C(N)=O)n1. The molecule has 1 fully saturated rings. The first-order chi connectivity index (χ1) is 12.8. The van der Waals surface area contributed by atoms with Crippen LogP contribution in [0.25, 0.3) is 11.3 Å². The Morgan fingerprint density at radius 1 is 1.33 bits per heavy atom. The lowest BCUT2D eigenvalue weighted by atomic mass is 9.89. The lowest BCUT2D eigenvalue weighted by molar-refractivity contribution is -0.131. The van der Waals surface area contributed by atoms with E-state index in [0.29, 0.717) is 18.7 Å². The Kier molecular flexibility index (Phi) is 4.82. The highest BCUT2D eigenvalue weighted by atomic mass is 16.5. The van der Waals surface area contributed by atoms with Crippen LogP contribution in [0.15, 0.2) is 30.3 Å². The summed E-state index contributed by atoms with van der Waals surface area (Å²) in [5, 5.41) is 0. The van der Waals surface area contributed by atoms with E-state index in [9.17, 15) is 9.59 Å². The zero-order valence-corrected chi connectivity index (χ0v) is 15.4. The van der Waals surface area contributed by atoms with Crippen LogP contribution in [0.4, 0.5) is 0 Å². The molecule has 2 aromatic rings. The van der Waals surface area contributed by atoms with Gasteiger partial charge in [-0.1, -0.05) is 24.0 Å². The summed E-state index contributed by atoms with van der Waals surface area (Å²) in [6.07, 6.45) is 0.708. The molecule has 0 bridgehead atoms. The Balaban J connectivity index is 1.96. The molecule has 1 aliphatic rings. The second kappa shape index (κ2) is 7.08. The number of hydrogen-bond donors (Lipinski definition) is 1. The molecule has 2 heterocycles. The van der Waals surface area contributed by atoms with E-state index in [1.54, 1.807) is 18.0 Å². The molecule has 0 spiro atoms. The minimum atomic E-state index is -0.733. The molecule has 0 radical (unpaired) electrons. The molecule has 2 amide bonds. The first-order valence-electron chi connectivity index (χ1n) is 8.44. The molecule has 7 heteroatoms. The largest absolute Gasteiger partial charge is 0.481 e. The van der Waals surface area contributed by atoms with Crippen LogP contribution in [0.3, 0.4) is 0 Å². The van der Waals surface area contributed by atoms with Crippen molar-refractivity contribution in [3.8, 4) is 29.0 Å². The van der Waals surface area contributed by atoms with Gasteiger partial charge in [-0.3, -0.25) is 9.59 Å². The van der Waals surface area contributed by atoms with Crippen LogP contribution in [-0.4, -0.2) is 47.4 Å². The van der Waals surface area contributed by atoms with Crippen molar-refractivity contribution in [3.63, 3.8) is 0 Å². The van der Waals surface area contributed by atoms with Gasteiger partial charge in [0, 0.05) is 30.8 Å². The van der Waals surface area contributed by atoms with Crippen LogP contribution in [0.5, 0.6) is 5.88 Å². The quantitative estimate of drug-likeness (QED) is 0.832. The van der Waals surface area contributed by atoms with E-state index in [-0.39, 0.29) is 17.6 Å². The van der Waals surface area contributed by atoms with Crippen LogP contribution < -0.4 is 10.5 Å². The number of rotatable bonds is 3. The zero-order valence-electron chi connectivity index (χ0n) is 15.4. The Bertz CT molecular complexity index is 977. The monoisotopic (exact) mass is 364 g/mol. The number of nitrogens with zero attached hydrogens (tertiary/aromatic N) is 3. The Hall–Kier alpha value is -3.40. The molecule has 0 saturated carbocycles. The fourth-order valence-corrected chi connectivity index (χ4v) is 2.89. The molecule has 7 nitrogen and oxygen atoms in total. The molecular formula is C20H20N4O3. The Labute approximate surface area is 157 Å². The minimum Gasteiger partial charge on any atom is -0.481 e. The van der Waals surface area contributed by atoms with Gasteiger partial charge in [0.25, 0.3) is 5.91 Å². The summed E-state index contributed by atoms with van der Waals surface area (Å²) in [5.41, 5.74) is 6.62. The molecule has 3 rings (SSSR count). The first-order valence-corrected chi connectivity index (χ1v) is 8.44. The number of ether oxygens (including phenoxy) is 1. The number of methoxy groups -OCH3 is 1. The van der Waals surface area contributed by atoms with E-state index < -0.39 is 11.3 Å². The highest BCUT2D eigenvalue weighted by Crippen LogP contribution is 2.30. The van der Waals surface area contributed by atoms with Crippen molar-refractivity contribution in [3.05, 3.63) is 41.7 Å². The van der Waals surface area contributed by atoms with Crippen LogP contribution in [0.1, 0.15) is 29.5 Å². The third-order valence-electron chi connectivity index (χ3n) is 4.54. The van der Waals surface area contributed by atoms with Crippen molar-refractivity contribution in [2.24, 2.45) is 11.1 Å². The highest BCUT2D eigenvalue weighted by molar-refractivity contribution is 5.89. The number of likely N-dealkylation sites (tertiary alicyclic amines) is 1. The van der Waals surface area contributed by atoms with E-state index in [0.717, 1.165) is 11.1 Å². The molecule has 1 aliphatic heterocycles. The number of carbonyl (C=O) groups excluding carboxylic acids is 2. The maximum atomic E-state index is 12.3. The van der Waals surface area contributed by atoms with Crippen molar-refractivity contribution in [1.82, 2.24) is 14.9 Å². The van der Waals surface area contributed by atoms with Crippen molar-refractivity contribution < 1.29 is 14.3 Å². The number of primary amides is 1. The number of nitrogens with two attached hydrogens (primary N) is 1. The molecular weight excluding hydrogens is 344 g/mol. The van der Waals surface area contributed by atoms with Gasteiger partial charge in [-0.25, -0.2) is 4.98 Å². The van der Waals surface area contributed by atoms with E-state index in [4.69, 9.17) is 10.5 Å². The van der Waals surface area contributed by atoms with Gasteiger partial charge in [0.2, 0.25) is 17.6 Å². The fraction of sp³-hybridized carbons (Fsp3) is 0.300. The molecule has 1 aromatic heterocycles. The average molecular weight is 364 g/mol. The Morgan fingerprint density at radius 3 is 2.74 bits per heavy atom. The van der Waals surface area contributed by atoms with Crippen molar-refractivity contribution in [2.75, 3.05) is 20.7 Å². The molecule has 0 unspecified atom stereocenters. The highest BCUT2D eigenvalue weighted by Gasteiger charge is 2.39. The van der Waals surface area contributed by atoms with Gasteiger partial charge in [0.15, 0.2) is 0 Å². The van der Waals surface area contributed by atoms with Crippen LogP contribution in [0.2, 0.25) is 0 Å². The summed E-state index contributed by atoms with van der Waals surface area (Å²) in [4.78, 5) is 33.5. The van der Waals surface area contributed by atoms with Gasteiger partial charge < -0.3 is 15.4 Å². The average Bonchev–Trinajstić information content (AvgIpc) is 2.94. The second-order valence-electron chi connectivity index (χ2n) is 6.62. The van der Waals surface area contributed by atoms with Gasteiger partial charge in [-0.2, -0.15) is 4.98 Å². The third-order valence-corrected chi connectivity index (χ3v) is 4.54. The van der Waals surface area contributed by atoms with E-state index in [2.05, 4.69) is 21.8 Å². The molecule has 1 saturated heterocycles. The van der Waals surface area contributed by atoms with Gasteiger partial charge in [0.1, 0.15) is 5.41 Å². The van der Waals surface area contributed by atoms with E-state index in [1.807, 2.05) is 31.2 Å². The molecule has 1 atom stereocenters. The summed E-state index contributed by atoms with van der Waals surface area (Å²) in [6.45, 7) is 2.57. The van der Waals surface area contributed by atoms with Gasteiger partial charge in [0.05, 0.1) is 12.8 Å². The third kappa shape index (κ3) is 3.75. The number of carbonyl (C=O) groups is 2. The summed E-state index contributed by atoms with van der Waals surface area (Å²) in [7, 11) is 3.24. The predicted octanol–water partition coefficient (Wildman–Crippen LogP) is 1.47. The van der Waals surface area contributed by atoms with Gasteiger partial charge >= 0.3 is 0 Å². The smallest absolute Gasteiger partial charge is 0.286 e. The van der Waals surface area contributed by atoms with Gasteiger partial charge in [-0.15, -0.1) is 0 Å². The summed E-state index contributed by atoms with van der Waals surface area (Å²) in [5.74, 6) is 5.64. The van der Waals surface area contributed by atoms with E-state index in [1.165, 1.54) is 7.11 Å². The zero-order chi connectivity index (χ0) is 19.6. The predicted molar refractivity (Wildman–Crippen MR) is 99.8 cm³/mol. The number of hydrogen-bond acceptors (Lipinski definition) is 5. The maximum Gasteiger partial charge on any atom is 0.286 e. The van der Waals surface area contributed by atoms with Crippen molar-refractivity contribution >= 4 is 11.8 Å². The normalized spacial score (nSPS) is 18.8. The molecule has 138 valence electrons. The van der Waals surface area contributed by atoms with E-state index >= 15 is 0 Å². The minimum absolute atomic E-state index is 0.0396. The van der Waals surface area contributed by atoms with Crippen LogP contribution >= 0.6 is 0 Å². The van der Waals surface area contributed by atoms with Crippen LogP contribution in [0, 0.1) is 17.3 Å². The standard InChI is InChI=1S/C20H20N4O3/c1-20(9-10-24(2)19(20)26)8-7-13-5-4-6-14(11-13)15-12-16(27-3)23-18(22-15)17(21)25/h4-6,11-12H,9-10H2,1-3H3,(H2,21,25)/t20-/m1/s1. The van der Waals surface area contributed by atoms with Crippen LogP contribution in [-0.2, 0) is 4.79 Å². The Morgan fingerprint density at radius 2 is 2.11 bits per heavy atom.